The molecule has 2 heterocycles. The molecular formula is C19H33N3O. The third-order valence-corrected chi connectivity index (χ3v) is 6.81. The number of piperidine rings is 1. The van der Waals surface area contributed by atoms with Crippen LogP contribution < -0.4 is 0 Å². The fourth-order valence-corrected chi connectivity index (χ4v) is 5.40. The van der Waals surface area contributed by atoms with E-state index in [1.807, 2.05) is 0 Å². The summed E-state index contributed by atoms with van der Waals surface area (Å²) < 4.78 is 0. The van der Waals surface area contributed by atoms with E-state index in [9.17, 15) is 0 Å². The van der Waals surface area contributed by atoms with Crippen LogP contribution in [0.1, 0.15) is 25.7 Å². The minimum absolute atomic E-state index is 0.302. The molecule has 0 aromatic heterocycles. The fraction of sp³-hybridized carbons (Fsp3) is 0.895. The van der Waals surface area contributed by atoms with Gasteiger partial charge in [-0.2, -0.15) is 0 Å². The third kappa shape index (κ3) is 3.65. The number of rotatable bonds is 5. The lowest BCUT2D eigenvalue weighted by Crippen LogP contribution is -2.53. The van der Waals surface area contributed by atoms with Gasteiger partial charge in [-0.25, -0.2) is 0 Å². The second kappa shape index (κ2) is 7.22. The Bertz CT molecular complexity index is 411. The summed E-state index contributed by atoms with van der Waals surface area (Å²) in [6, 6.07) is 0.808. The van der Waals surface area contributed by atoms with Crippen LogP contribution in [0, 0.1) is 17.8 Å². The Morgan fingerprint density at radius 2 is 1.65 bits per heavy atom. The lowest BCUT2D eigenvalue weighted by atomic mass is 9.92. The van der Waals surface area contributed by atoms with E-state index in [-0.39, 0.29) is 0 Å². The summed E-state index contributed by atoms with van der Waals surface area (Å²) in [7, 11) is 0. The predicted molar refractivity (Wildman–Crippen MR) is 93.4 cm³/mol. The molecule has 2 aliphatic heterocycles. The van der Waals surface area contributed by atoms with Crippen LogP contribution >= 0.6 is 0 Å². The molecule has 130 valence electrons. The summed E-state index contributed by atoms with van der Waals surface area (Å²) in [5.41, 5.74) is 0. The number of nitrogens with zero attached hydrogens (tertiary/aromatic N) is 3. The largest absolute Gasteiger partial charge is 0.395 e. The van der Waals surface area contributed by atoms with E-state index in [2.05, 4.69) is 26.9 Å². The van der Waals surface area contributed by atoms with E-state index in [0.29, 0.717) is 6.61 Å². The highest BCUT2D eigenvalue weighted by Crippen LogP contribution is 2.43. The molecular weight excluding hydrogens is 286 g/mol. The first-order valence-electron chi connectivity index (χ1n) is 9.80. The van der Waals surface area contributed by atoms with Crippen LogP contribution in [0.2, 0.25) is 0 Å². The lowest BCUT2D eigenvalue weighted by molar-refractivity contribution is 0.0490. The van der Waals surface area contributed by atoms with Gasteiger partial charge < -0.3 is 10.0 Å². The quantitative estimate of drug-likeness (QED) is 0.773. The zero-order chi connectivity index (χ0) is 15.6. The number of allylic oxidation sites excluding steroid dienone is 2. The molecule has 4 nitrogen and oxygen atoms in total. The van der Waals surface area contributed by atoms with E-state index < -0.39 is 0 Å². The van der Waals surface area contributed by atoms with Gasteiger partial charge in [0.15, 0.2) is 0 Å². The van der Waals surface area contributed by atoms with Crippen molar-refractivity contribution in [2.75, 3.05) is 59.0 Å². The van der Waals surface area contributed by atoms with Crippen LogP contribution in [0.3, 0.4) is 0 Å². The third-order valence-electron chi connectivity index (χ3n) is 6.81. The normalized spacial score (nSPS) is 37.0. The maximum Gasteiger partial charge on any atom is 0.0558 e. The van der Waals surface area contributed by atoms with Gasteiger partial charge in [0.25, 0.3) is 0 Å². The Hall–Kier alpha value is -0.420. The van der Waals surface area contributed by atoms with Crippen molar-refractivity contribution < 1.29 is 5.11 Å². The average molecular weight is 319 g/mol. The topological polar surface area (TPSA) is 30.0 Å². The number of hydrogen-bond donors (Lipinski definition) is 1. The molecule has 0 aromatic carbocycles. The molecule has 2 saturated heterocycles. The van der Waals surface area contributed by atoms with Crippen LogP contribution in [0.15, 0.2) is 12.2 Å². The van der Waals surface area contributed by atoms with Crippen molar-refractivity contribution in [1.29, 1.82) is 0 Å². The summed E-state index contributed by atoms with van der Waals surface area (Å²) in [5.74, 6) is 2.76. The first-order chi connectivity index (χ1) is 11.3. The SMILES string of the molecule is OCCN1CCN(C2CCN(C[C@@H]3C[C@H]4C=C[C@H]3C4)CC2)CC1. The zero-order valence-corrected chi connectivity index (χ0v) is 14.4. The molecule has 0 unspecified atom stereocenters. The number of β-amino-alcohol motifs (C(OH)–C–C–N with tert-alkyl or cyclic N) is 1. The Balaban J connectivity index is 1.19. The molecule has 0 spiro atoms. The van der Waals surface area contributed by atoms with Gasteiger partial charge in [-0.15, -0.1) is 0 Å². The second-order valence-electron chi connectivity index (χ2n) is 8.17. The average Bonchev–Trinajstić information content (AvgIpc) is 3.20. The molecule has 4 rings (SSSR count). The predicted octanol–water partition coefficient (Wildman–Crippen LogP) is 1.27. The van der Waals surface area contributed by atoms with E-state index >= 15 is 0 Å². The molecule has 4 heteroatoms. The summed E-state index contributed by atoms with van der Waals surface area (Å²) in [6.07, 6.45) is 10.6. The molecule has 4 aliphatic rings. The van der Waals surface area contributed by atoms with Gasteiger partial charge in [-0.1, -0.05) is 12.2 Å². The van der Waals surface area contributed by atoms with Crippen molar-refractivity contribution in [2.45, 2.75) is 31.7 Å². The molecule has 2 bridgehead atoms. The highest BCUT2D eigenvalue weighted by atomic mass is 16.3. The summed E-state index contributed by atoms with van der Waals surface area (Å²) in [5, 5.41) is 9.05. The van der Waals surface area contributed by atoms with Gasteiger partial charge in [-0.05, 0) is 56.5 Å². The fourth-order valence-electron chi connectivity index (χ4n) is 5.40. The Morgan fingerprint density at radius 1 is 0.870 bits per heavy atom. The number of likely N-dealkylation sites (tertiary alicyclic amines) is 1. The van der Waals surface area contributed by atoms with E-state index in [0.717, 1.165) is 43.4 Å². The lowest BCUT2D eigenvalue weighted by Gasteiger charge is -2.43. The van der Waals surface area contributed by atoms with Crippen molar-refractivity contribution in [3.8, 4) is 0 Å². The maximum absolute atomic E-state index is 9.05. The summed E-state index contributed by atoms with van der Waals surface area (Å²) in [6.45, 7) is 9.78. The Kier molecular flexibility index (Phi) is 5.04. The molecule has 3 fully saturated rings. The second-order valence-corrected chi connectivity index (χ2v) is 8.17. The zero-order valence-electron chi connectivity index (χ0n) is 14.4. The standard InChI is InChI=1S/C19H33N3O/c23-12-11-20-7-9-22(10-8-20)19-3-5-21(6-4-19)15-18-14-16-1-2-17(18)13-16/h1-2,16-19,23H,3-15H2/t16-,17-,18-/m0/s1. The van der Waals surface area contributed by atoms with Crippen LogP contribution in [0.5, 0.6) is 0 Å². The smallest absolute Gasteiger partial charge is 0.0558 e. The first kappa shape index (κ1) is 16.1. The van der Waals surface area contributed by atoms with Gasteiger partial charge in [-0.3, -0.25) is 9.80 Å². The first-order valence-corrected chi connectivity index (χ1v) is 9.80. The minimum Gasteiger partial charge on any atom is -0.395 e. The molecule has 1 saturated carbocycles. The van der Waals surface area contributed by atoms with Gasteiger partial charge in [0.2, 0.25) is 0 Å². The van der Waals surface area contributed by atoms with Crippen molar-refractivity contribution >= 4 is 0 Å². The Morgan fingerprint density at radius 3 is 2.26 bits per heavy atom. The molecule has 3 atom stereocenters. The molecule has 23 heavy (non-hydrogen) atoms. The van der Waals surface area contributed by atoms with Crippen molar-refractivity contribution in [3.05, 3.63) is 12.2 Å². The van der Waals surface area contributed by atoms with Gasteiger partial charge >= 0.3 is 0 Å². The van der Waals surface area contributed by atoms with Crippen LogP contribution in [0.25, 0.3) is 0 Å². The highest BCUT2D eigenvalue weighted by molar-refractivity contribution is 5.10. The number of aliphatic hydroxyl groups is 1. The molecule has 0 radical (unpaired) electrons. The summed E-state index contributed by atoms with van der Waals surface area (Å²) in [4.78, 5) is 7.86. The van der Waals surface area contributed by atoms with Crippen LogP contribution in [0.4, 0.5) is 0 Å². The highest BCUT2D eigenvalue weighted by Gasteiger charge is 2.37. The molecule has 2 aliphatic carbocycles. The van der Waals surface area contributed by atoms with Gasteiger partial charge in [0, 0.05) is 45.3 Å². The maximum atomic E-state index is 9.05. The van der Waals surface area contributed by atoms with E-state index in [4.69, 9.17) is 5.11 Å². The number of fused-ring (bicyclic) bond motifs is 2. The molecule has 0 amide bonds. The molecule has 1 N–H and O–H groups in total. The number of piperazine rings is 1. The molecule has 0 aromatic rings. The Labute approximate surface area is 141 Å². The van der Waals surface area contributed by atoms with E-state index in [1.165, 1.54) is 58.4 Å². The number of hydrogen-bond acceptors (Lipinski definition) is 4. The summed E-state index contributed by atoms with van der Waals surface area (Å²) >= 11 is 0. The minimum atomic E-state index is 0.302. The monoisotopic (exact) mass is 319 g/mol. The van der Waals surface area contributed by atoms with Crippen molar-refractivity contribution in [2.24, 2.45) is 17.8 Å². The van der Waals surface area contributed by atoms with Gasteiger partial charge in [0.1, 0.15) is 0 Å². The van der Waals surface area contributed by atoms with Crippen LogP contribution in [-0.4, -0.2) is 84.8 Å². The van der Waals surface area contributed by atoms with Crippen molar-refractivity contribution in [3.63, 3.8) is 0 Å². The van der Waals surface area contributed by atoms with E-state index in [1.54, 1.807) is 0 Å². The van der Waals surface area contributed by atoms with Crippen LogP contribution in [-0.2, 0) is 0 Å². The van der Waals surface area contributed by atoms with Crippen molar-refractivity contribution in [1.82, 2.24) is 14.7 Å². The number of aliphatic hydroxyl groups excluding tert-OH is 1. The van der Waals surface area contributed by atoms with Gasteiger partial charge in [0.05, 0.1) is 6.61 Å².